The van der Waals surface area contributed by atoms with E-state index in [9.17, 15) is 4.79 Å². The number of hydrogen-bond donors (Lipinski definition) is 0. The molecule has 0 saturated carbocycles. The van der Waals surface area contributed by atoms with Crippen LogP contribution >= 0.6 is 0 Å². The van der Waals surface area contributed by atoms with Crippen LogP contribution in [0.5, 0.6) is 11.5 Å². The standard InChI is InChI=1S/C26H33NO4/c1-19(15-20(2)28)22-3-7-25(8-4-22)31-26-11-13-27(16-26)23-5-9-24(10-6-23)30-18-21-12-14-29-17-21/h3-10,19,21,26H,11-18H2,1-2H3/t19-,21?,26?/m1/s1. The summed E-state index contributed by atoms with van der Waals surface area (Å²) in [6.07, 6.45) is 2.85. The van der Waals surface area contributed by atoms with E-state index >= 15 is 0 Å². The van der Waals surface area contributed by atoms with Crippen LogP contribution in [0.4, 0.5) is 5.69 Å². The van der Waals surface area contributed by atoms with Gasteiger partial charge in [-0.1, -0.05) is 19.1 Å². The Kier molecular flexibility index (Phi) is 7.13. The smallest absolute Gasteiger partial charge is 0.130 e. The van der Waals surface area contributed by atoms with Gasteiger partial charge in [0.05, 0.1) is 19.8 Å². The molecule has 166 valence electrons. The quantitative estimate of drug-likeness (QED) is 0.577. The Morgan fingerprint density at radius 3 is 2.52 bits per heavy atom. The van der Waals surface area contributed by atoms with Gasteiger partial charge in [0.15, 0.2) is 0 Å². The molecule has 2 aromatic carbocycles. The van der Waals surface area contributed by atoms with Gasteiger partial charge in [-0.15, -0.1) is 0 Å². The van der Waals surface area contributed by atoms with Crippen LogP contribution in [0, 0.1) is 5.92 Å². The van der Waals surface area contributed by atoms with E-state index < -0.39 is 0 Å². The van der Waals surface area contributed by atoms with Crippen molar-refractivity contribution in [3.63, 3.8) is 0 Å². The zero-order valence-electron chi connectivity index (χ0n) is 18.6. The summed E-state index contributed by atoms with van der Waals surface area (Å²) < 4.78 is 17.5. The molecule has 2 aromatic rings. The highest BCUT2D eigenvalue weighted by molar-refractivity contribution is 5.76. The van der Waals surface area contributed by atoms with E-state index in [0.29, 0.717) is 12.3 Å². The first kappa shape index (κ1) is 21.7. The highest BCUT2D eigenvalue weighted by Crippen LogP contribution is 2.27. The summed E-state index contributed by atoms with van der Waals surface area (Å²) in [5.74, 6) is 2.79. The fourth-order valence-electron chi connectivity index (χ4n) is 4.36. The minimum absolute atomic E-state index is 0.179. The van der Waals surface area contributed by atoms with E-state index in [-0.39, 0.29) is 17.8 Å². The first-order chi connectivity index (χ1) is 15.1. The first-order valence-corrected chi connectivity index (χ1v) is 11.4. The Balaban J connectivity index is 1.25. The molecule has 2 aliphatic heterocycles. The maximum Gasteiger partial charge on any atom is 0.130 e. The van der Waals surface area contributed by atoms with Gasteiger partial charge in [0.1, 0.15) is 23.4 Å². The summed E-state index contributed by atoms with van der Waals surface area (Å²) in [5.41, 5.74) is 2.38. The van der Waals surface area contributed by atoms with Gasteiger partial charge in [0, 0.05) is 37.6 Å². The van der Waals surface area contributed by atoms with E-state index in [2.05, 4.69) is 48.2 Å². The van der Waals surface area contributed by atoms with Crippen molar-refractivity contribution in [2.45, 2.75) is 45.1 Å². The first-order valence-electron chi connectivity index (χ1n) is 11.4. The van der Waals surface area contributed by atoms with Crippen molar-refractivity contribution in [3.8, 4) is 11.5 Å². The summed E-state index contributed by atoms with van der Waals surface area (Å²) >= 11 is 0. The number of ether oxygens (including phenoxy) is 3. The molecule has 0 spiro atoms. The highest BCUT2D eigenvalue weighted by atomic mass is 16.5. The van der Waals surface area contributed by atoms with Gasteiger partial charge in [-0.3, -0.25) is 0 Å². The monoisotopic (exact) mass is 423 g/mol. The fraction of sp³-hybridized carbons (Fsp3) is 0.500. The molecule has 0 bridgehead atoms. The van der Waals surface area contributed by atoms with Crippen molar-refractivity contribution in [1.29, 1.82) is 0 Å². The van der Waals surface area contributed by atoms with Crippen molar-refractivity contribution in [2.75, 3.05) is 37.8 Å². The van der Waals surface area contributed by atoms with E-state index in [1.54, 1.807) is 6.92 Å². The SMILES string of the molecule is CC(=O)C[C@@H](C)c1ccc(OC2CCN(c3ccc(OCC4CCOC4)cc3)C2)cc1. The third-order valence-electron chi connectivity index (χ3n) is 6.20. The van der Waals surface area contributed by atoms with Gasteiger partial charge in [0.25, 0.3) is 0 Å². The molecule has 31 heavy (non-hydrogen) atoms. The molecule has 0 aromatic heterocycles. The average molecular weight is 424 g/mol. The van der Waals surface area contributed by atoms with Crippen molar-refractivity contribution in [2.24, 2.45) is 5.92 Å². The third-order valence-corrected chi connectivity index (χ3v) is 6.20. The van der Waals surface area contributed by atoms with E-state index in [4.69, 9.17) is 14.2 Å². The molecule has 0 aliphatic carbocycles. The van der Waals surface area contributed by atoms with Crippen LogP contribution in [0.1, 0.15) is 44.6 Å². The fourth-order valence-corrected chi connectivity index (χ4v) is 4.36. The number of carbonyl (C=O) groups is 1. The lowest BCUT2D eigenvalue weighted by molar-refractivity contribution is -0.117. The number of anilines is 1. The molecule has 4 rings (SSSR count). The second-order valence-corrected chi connectivity index (χ2v) is 8.89. The maximum absolute atomic E-state index is 11.3. The normalized spacial score (nSPS) is 21.8. The number of nitrogens with zero attached hydrogens (tertiary/aromatic N) is 1. The molecule has 0 amide bonds. The maximum atomic E-state index is 11.3. The molecule has 2 heterocycles. The van der Waals surface area contributed by atoms with Crippen LogP contribution in [0.2, 0.25) is 0 Å². The molecule has 0 N–H and O–H groups in total. The number of ketones is 1. The van der Waals surface area contributed by atoms with Crippen LogP contribution in [0.25, 0.3) is 0 Å². The number of rotatable bonds is 9. The van der Waals surface area contributed by atoms with Gasteiger partial charge in [0.2, 0.25) is 0 Å². The lowest BCUT2D eigenvalue weighted by Crippen LogP contribution is -2.24. The van der Waals surface area contributed by atoms with Gasteiger partial charge in [-0.05, 0) is 61.2 Å². The molecule has 2 unspecified atom stereocenters. The summed E-state index contributed by atoms with van der Waals surface area (Å²) in [6.45, 7) is 7.99. The zero-order valence-corrected chi connectivity index (χ0v) is 18.6. The zero-order chi connectivity index (χ0) is 21.6. The van der Waals surface area contributed by atoms with Gasteiger partial charge in [-0.2, -0.15) is 0 Å². The predicted molar refractivity (Wildman–Crippen MR) is 122 cm³/mol. The second kappa shape index (κ2) is 10.2. The number of Topliss-reactive ketones (excluding diaryl/α,β-unsaturated/α-hetero) is 1. The van der Waals surface area contributed by atoms with E-state index in [1.165, 1.54) is 11.3 Å². The lowest BCUT2D eigenvalue weighted by atomic mass is 9.96. The molecule has 5 heteroatoms. The topological polar surface area (TPSA) is 48.0 Å². The Morgan fingerprint density at radius 1 is 1.10 bits per heavy atom. The Bertz CT molecular complexity index is 843. The molecule has 2 fully saturated rings. The summed E-state index contributed by atoms with van der Waals surface area (Å²) in [6, 6.07) is 16.6. The average Bonchev–Trinajstić information content (AvgIpc) is 3.45. The second-order valence-electron chi connectivity index (χ2n) is 8.89. The van der Waals surface area contributed by atoms with Crippen molar-refractivity contribution < 1.29 is 19.0 Å². The summed E-state index contributed by atoms with van der Waals surface area (Å²) in [7, 11) is 0. The number of benzene rings is 2. The molecule has 2 aliphatic rings. The lowest BCUT2D eigenvalue weighted by Gasteiger charge is -2.20. The number of carbonyl (C=O) groups excluding carboxylic acids is 1. The Hall–Kier alpha value is -2.53. The highest BCUT2D eigenvalue weighted by Gasteiger charge is 2.24. The van der Waals surface area contributed by atoms with Crippen LogP contribution < -0.4 is 14.4 Å². The van der Waals surface area contributed by atoms with E-state index in [0.717, 1.165) is 57.3 Å². The van der Waals surface area contributed by atoms with Crippen LogP contribution in [0.3, 0.4) is 0 Å². The number of hydrogen-bond acceptors (Lipinski definition) is 5. The van der Waals surface area contributed by atoms with Crippen molar-refractivity contribution >= 4 is 11.5 Å². The van der Waals surface area contributed by atoms with Crippen LogP contribution in [-0.2, 0) is 9.53 Å². The van der Waals surface area contributed by atoms with Crippen LogP contribution in [-0.4, -0.2) is 44.8 Å². The van der Waals surface area contributed by atoms with Crippen molar-refractivity contribution in [3.05, 3.63) is 54.1 Å². The summed E-state index contributed by atoms with van der Waals surface area (Å²) in [4.78, 5) is 13.7. The van der Waals surface area contributed by atoms with Gasteiger partial charge >= 0.3 is 0 Å². The summed E-state index contributed by atoms with van der Waals surface area (Å²) in [5, 5.41) is 0. The van der Waals surface area contributed by atoms with Gasteiger partial charge in [-0.25, -0.2) is 0 Å². The molecular weight excluding hydrogens is 390 g/mol. The third kappa shape index (κ3) is 6.01. The Morgan fingerprint density at radius 2 is 1.84 bits per heavy atom. The van der Waals surface area contributed by atoms with Gasteiger partial charge < -0.3 is 23.9 Å². The van der Waals surface area contributed by atoms with E-state index in [1.807, 2.05) is 12.1 Å². The van der Waals surface area contributed by atoms with Crippen LogP contribution in [0.15, 0.2) is 48.5 Å². The predicted octanol–water partition coefficient (Wildman–Crippen LogP) is 4.84. The van der Waals surface area contributed by atoms with Crippen molar-refractivity contribution in [1.82, 2.24) is 0 Å². The minimum Gasteiger partial charge on any atom is -0.493 e. The molecular formula is C26H33NO4. The molecule has 2 saturated heterocycles. The minimum atomic E-state index is 0.179. The molecule has 0 radical (unpaired) electrons. The largest absolute Gasteiger partial charge is 0.493 e. The Labute approximate surface area is 185 Å². The molecule has 3 atom stereocenters. The molecule has 5 nitrogen and oxygen atoms in total.